The average Bonchev–Trinajstić information content (AvgIpc) is 3.43. The van der Waals surface area contributed by atoms with Gasteiger partial charge in [-0.1, -0.05) is 30.3 Å². The smallest absolute Gasteiger partial charge is 0.406 e. The molecule has 1 aliphatic heterocycles. The number of hydrogen-bond donors (Lipinski definition) is 2. The monoisotopic (exact) mass is 426 g/mol. The zero-order valence-corrected chi connectivity index (χ0v) is 16.3. The predicted octanol–water partition coefficient (Wildman–Crippen LogP) is 3.68. The highest BCUT2D eigenvalue weighted by atomic mass is 32.2. The summed E-state index contributed by atoms with van der Waals surface area (Å²) < 4.78 is 69.7. The van der Waals surface area contributed by atoms with Crippen LogP contribution in [0.4, 0.5) is 13.2 Å². The summed E-state index contributed by atoms with van der Waals surface area (Å²) in [6, 6.07) is 13.6. The third-order valence-corrected chi connectivity index (χ3v) is 7.23. The Labute approximate surface area is 167 Å². The van der Waals surface area contributed by atoms with Crippen LogP contribution in [0.25, 0.3) is 0 Å². The normalized spacial score (nSPS) is 23.7. The number of piperidine rings is 1. The van der Waals surface area contributed by atoms with Gasteiger partial charge in [0, 0.05) is 12.1 Å². The predicted molar refractivity (Wildman–Crippen MR) is 101 cm³/mol. The molecule has 1 saturated carbocycles. The van der Waals surface area contributed by atoms with E-state index in [0.717, 1.165) is 49.1 Å². The van der Waals surface area contributed by atoms with Crippen molar-refractivity contribution in [1.29, 1.82) is 0 Å². The highest BCUT2D eigenvalue weighted by molar-refractivity contribution is 7.89. The van der Waals surface area contributed by atoms with E-state index < -0.39 is 27.7 Å². The van der Waals surface area contributed by atoms with Gasteiger partial charge in [0.05, 0.1) is 10.4 Å². The molecule has 2 N–H and O–H groups in total. The molecule has 0 radical (unpaired) electrons. The highest BCUT2D eigenvalue weighted by Crippen LogP contribution is 2.46. The number of halogens is 3. The van der Waals surface area contributed by atoms with E-state index in [1.54, 1.807) is 0 Å². The molecule has 1 aliphatic carbocycles. The van der Waals surface area contributed by atoms with Gasteiger partial charge in [0.1, 0.15) is 5.75 Å². The van der Waals surface area contributed by atoms with Gasteiger partial charge in [-0.2, -0.15) is 4.72 Å². The summed E-state index contributed by atoms with van der Waals surface area (Å²) >= 11 is 0. The van der Waals surface area contributed by atoms with Crippen LogP contribution in [0.3, 0.4) is 0 Å². The van der Waals surface area contributed by atoms with E-state index in [4.69, 9.17) is 0 Å². The number of sulfonamides is 1. The minimum absolute atomic E-state index is 0.117. The van der Waals surface area contributed by atoms with Crippen molar-refractivity contribution < 1.29 is 26.3 Å². The van der Waals surface area contributed by atoms with E-state index in [2.05, 4.69) is 14.8 Å². The molecule has 0 amide bonds. The second-order valence-electron chi connectivity index (χ2n) is 7.71. The summed E-state index contributed by atoms with van der Waals surface area (Å²) in [6.45, 7) is 0.450. The molecule has 2 aromatic rings. The molecular formula is C20H21F3N2O3S. The molecule has 0 aromatic heterocycles. The summed E-state index contributed by atoms with van der Waals surface area (Å²) in [7, 11) is -3.97. The van der Waals surface area contributed by atoms with E-state index in [1.165, 1.54) is 0 Å². The molecule has 2 fully saturated rings. The number of rotatable bonds is 5. The van der Waals surface area contributed by atoms with E-state index in [-0.39, 0.29) is 10.4 Å². The molecule has 9 heteroatoms. The molecular weight excluding hydrogens is 405 g/mol. The van der Waals surface area contributed by atoms with E-state index >= 15 is 0 Å². The molecule has 0 unspecified atom stereocenters. The zero-order chi connectivity index (χ0) is 20.8. The second-order valence-corrected chi connectivity index (χ2v) is 9.39. The Hall–Kier alpha value is -2.10. The summed E-state index contributed by atoms with van der Waals surface area (Å²) in [4.78, 5) is -0.117. The van der Waals surface area contributed by atoms with E-state index in [1.807, 2.05) is 30.3 Å². The fourth-order valence-corrected chi connectivity index (χ4v) is 5.25. The molecule has 1 saturated heterocycles. The topological polar surface area (TPSA) is 67.4 Å². The van der Waals surface area contributed by atoms with Gasteiger partial charge in [-0.15, -0.1) is 13.2 Å². The van der Waals surface area contributed by atoms with Crippen LogP contribution in [0.2, 0.25) is 0 Å². The van der Waals surface area contributed by atoms with Gasteiger partial charge < -0.3 is 10.1 Å². The lowest BCUT2D eigenvalue weighted by atomic mass is 9.81. The van der Waals surface area contributed by atoms with Gasteiger partial charge in [-0.05, 0) is 55.5 Å². The molecule has 1 heterocycles. The van der Waals surface area contributed by atoms with Gasteiger partial charge in [0.15, 0.2) is 0 Å². The Morgan fingerprint density at radius 1 is 0.931 bits per heavy atom. The van der Waals surface area contributed by atoms with Crippen molar-refractivity contribution in [2.45, 2.75) is 48.0 Å². The third kappa shape index (κ3) is 4.41. The molecule has 5 nitrogen and oxygen atoms in total. The molecule has 2 aromatic carbocycles. The number of hydrogen-bond acceptors (Lipinski definition) is 4. The van der Waals surface area contributed by atoms with Crippen LogP contribution in [-0.2, 0) is 15.6 Å². The highest BCUT2D eigenvalue weighted by Gasteiger charge is 2.51. The van der Waals surface area contributed by atoms with Crippen LogP contribution < -0.4 is 14.8 Å². The molecule has 2 aliphatic rings. The molecule has 29 heavy (non-hydrogen) atoms. The minimum atomic E-state index is -4.83. The van der Waals surface area contributed by atoms with Crippen molar-refractivity contribution in [3.8, 4) is 5.75 Å². The molecule has 1 spiro atoms. The SMILES string of the molecule is O=S(=O)(N[C@@]1(c2ccccc2)CCC2(CC2)NC1)c1ccc(OC(F)(F)F)cc1. The van der Waals surface area contributed by atoms with Gasteiger partial charge in [0.25, 0.3) is 0 Å². The van der Waals surface area contributed by atoms with Crippen LogP contribution in [0, 0.1) is 0 Å². The van der Waals surface area contributed by atoms with E-state index in [9.17, 15) is 21.6 Å². The van der Waals surface area contributed by atoms with Gasteiger partial charge >= 0.3 is 6.36 Å². The van der Waals surface area contributed by atoms with Crippen molar-refractivity contribution in [2.24, 2.45) is 0 Å². The first kappa shape index (κ1) is 20.2. The summed E-state index contributed by atoms with van der Waals surface area (Å²) in [6.07, 6.45) is -1.17. The van der Waals surface area contributed by atoms with Gasteiger partial charge in [-0.25, -0.2) is 8.42 Å². The lowest BCUT2D eigenvalue weighted by Gasteiger charge is -2.42. The maximum absolute atomic E-state index is 13.1. The number of alkyl halides is 3. The zero-order valence-electron chi connectivity index (χ0n) is 15.5. The Morgan fingerprint density at radius 3 is 2.07 bits per heavy atom. The van der Waals surface area contributed by atoms with Crippen LogP contribution in [0.15, 0.2) is 59.5 Å². The first-order chi connectivity index (χ1) is 13.6. The summed E-state index contributed by atoms with van der Waals surface area (Å²) in [5.41, 5.74) is 0.152. The Kier molecular flexibility index (Phi) is 4.87. The summed E-state index contributed by atoms with van der Waals surface area (Å²) in [5.74, 6) is -0.468. The minimum Gasteiger partial charge on any atom is -0.406 e. The second kappa shape index (κ2) is 7.00. The molecule has 156 valence electrons. The standard InChI is InChI=1S/C20H21F3N2O3S/c21-20(22,23)28-16-6-8-17(9-7-16)29(26,27)25-19(15-4-2-1-3-5-15)13-12-18(10-11-18)24-14-19/h1-9,24-25H,10-14H2/t19-/m0/s1. The van der Waals surface area contributed by atoms with Crippen molar-refractivity contribution in [1.82, 2.24) is 10.0 Å². The summed E-state index contributed by atoms with van der Waals surface area (Å²) in [5, 5.41) is 3.50. The Balaban J connectivity index is 1.60. The first-order valence-electron chi connectivity index (χ1n) is 9.32. The molecule has 4 rings (SSSR count). The number of nitrogens with one attached hydrogen (secondary N) is 2. The lowest BCUT2D eigenvalue weighted by Crippen LogP contribution is -2.58. The van der Waals surface area contributed by atoms with Crippen LogP contribution in [0.5, 0.6) is 5.75 Å². The van der Waals surface area contributed by atoms with Crippen molar-refractivity contribution in [3.63, 3.8) is 0 Å². The van der Waals surface area contributed by atoms with E-state index in [0.29, 0.717) is 13.0 Å². The first-order valence-corrected chi connectivity index (χ1v) is 10.8. The average molecular weight is 426 g/mol. The van der Waals surface area contributed by atoms with Crippen molar-refractivity contribution in [3.05, 3.63) is 60.2 Å². The van der Waals surface area contributed by atoms with Crippen molar-refractivity contribution in [2.75, 3.05) is 6.54 Å². The number of benzene rings is 2. The third-order valence-electron chi connectivity index (χ3n) is 5.67. The number of ether oxygens (including phenoxy) is 1. The molecule has 0 bridgehead atoms. The largest absolute Gasteiger partial charge is 0.573 e. The lowest BCUT2D eigenvalue weighted by molar-refractivity contribution is -0.274. The fraction of sp³-hybridized carbons (Fsp3) is 0.400. The van der Waals surface area contributed by atoms with Crippen LogP contribution >= 0.6 is 0 Å². The van der Waals surface area contributed by atoms with Crippen LogP contribution in [0.1, 0.15) is 31.2 Å². The maximum atomic E-state index is 13.1. The quantitative estimate of drug-likeness (QED) is 0.766. The Bertz CT molecular complexity index is 962. The van der Waals surface area contributed by atoms with Gasteiger partial charge in [0.2, 0.25) is 10.0 Å². The van der Waals surface area contributed by atoms with Crippen LogP contribution in [-0.4, -0.2) is 26.9 Å². The Morgan fingerprint density at radius 2 is 1.55 bits per heavy atom. The molecule has 1 atom stereocenters. The fourth-order valence-electron chi connectivity index (χ4n) is 3.83. The maximum Gasteiger partial charge on any atom is 0.573 e. The van der Waals surface area contributed by atoms with Crippen molar-refractivity contribution >= 4 is 10.0 Å². The van der Waals surface area contributed by atoms with Gasteiger partial charge in [-0.3, -0.25) is 0 Å².